The molecule has 1 fully saturated rings. The number of anilines is 1. The third kappa shape index (κ3) is 3.10. The first-order chi connectivity index (χ1) is 12.3. The Kier molecular flexibility index (Phi) is 4.16. The second kappa shape index (κ2) is 6.76. The van der Waals surface area contributed by atoms with E-state index < -0.39 is 0 Å². The van der Waals surface area contributed by atoms with Crippen molar-refractivity contribution < 1.29 is 9.21 Å². The first-order valence-corrected chi connectivity index (χ1v) is 8.26. The molecule has 1 saturated heterocycles. The zero-order chi connectivity index (χ0) is 17.1. The van der Waals surface area contributed by atoms with Gasteiger partial charge in [-0.3, -0.25) is 9.78 Å². The maximum atomic E-state index is 12.9. The van der Waals surface area contributed by atoms with Crippen molar-refractivity contribution in [3.8, 4) is 11.1 Å². The number of furan rings is 1. The minimum absolute atomic E-state index is 0.0670. The molecule has 0 saturated carbocycles. The summed E-state index contributed by atoms with van der Waals surface area (Å²) in [6.45, 7) is 2.71. The summed E-state index contributed by atoms with van der Waals surface area (Å²) in [5.74, 6) is 1.18. The van der Waals surface area contributed by atoms with Crippen LogP contribution >= 0.6 is 0 Å². The zero-order valence-electron chi connectivity index (χ0n) is 13.7. The van der Waals surface area contributed by atoms with Gasteiger partial charge in [-0.15, -0.1) is 0 Å². The van der Waals surface area contributed by atoms with Gasteiger partial charge in [0.25, 0.3) is 5.91 Å². The van der Waals surface area contributed by atoms with Gasteiger partial charge in [0, 0.05) is 44.1 Å². The van der Waals surface area contributed by atoms with Crippen LogP contribution in [0.3, 0.4) is 0 Å². The fourth-order valence-corrected chi connectivity index (χ4v) is 3.06. The van der Waals surface area contributed by atoms with E-state index in [2.05, 4.69) is 14.9 Å². The SMILES string of the molecule is O=C(c1occc1-c1ccccc1)N1CCN(c2cnccn2)CC1. The lowest BCUT2D eigenvalue weighted by atomic mass is 10.1. The monoisotopic (exact) mass is 334 g/mol. The van der Waals surface area contributed by atoms with Crippen LogP contribution in [0.2, 0.25) is 0 Å². The minimum Gasteiger partial charge on any atom is -0.459 e. The molecule has 0 aliphatic carbocycles. The van der Waals surface area contributed by atoms with Gasteiger partial charge >= 0.3 is 0 Å². The van der Waals surface area contributed by atoms with Gasteiger partial charge in [0.15, 0.2) is 5.76 Å². The molecule has 1 aromatic carbocycles. The molecule has 0 unspecified atom stereocenters. The van der Waals surface area contributed by atoms with Crippen LogP contribution in [0.5, 0.6) is 0 Å². The molecule has 1 aliphatic rings. The Morgan fingerprint density at radius 3 is 2.52 bits per heavy atom. The van der Waals surface area contributed by atoms with Gasteiger partial charge in [-0.2, -0.15) is 0 Å². The normalized spacial score (nSPS) is 14.6. The van der Waals surface area contributed by atoms with Crippen molar-refractivity contribution in [2.24, 2.45) is 0 Å². The van der Waals surface area contributed by atoms with E-state index in [9.17, 15) is 4.79 Å². The number of benzene rings is 1. The zero-order valence-corrected chi connectivity index (χ0v) is 13.7. The average molecular weight is 334 g/mol. The molecule has 126 valence electrons. The fraction of sp³-hybridized carbons (Fsp3) is 0.211. The van der Waals surface area contributed by atoms with Crippen LogP contribution in [0, 0.1) is 0 Å². The van der Waals surface area contributed by atoms with E-state index in [0.717, 1.165) is 30.0 Å². The molecule has 6 heteroatoms. The van der Waals surface area contributed by atoms with E-state index in [0.29, 0.717) is 18.8 Å². The van der Waals surface area contributed by atoms with Crippen molar-refractivity contribution in [3.05, 3.63) is 67.0 Å². The van der Waals surface area contributed by atoms with Crippen LogP contribution in [-0.2, 0) is 0 Å². The maximum absolute atomic E-state index is 12.9. The molecule has 2 aromatic heterocycles. The Morgan fingerprint density at radius 1 is 1.00 bits per heavy atom. The Balaban J connectivity index is 1.48. The Bertz CT molecular complexity index is 840. The van der Waals surface area contributed by atoms with Crippen molar-refractivity contribution in [1.82, 2.24) is 14.9 Å². The summed E-state index contributed by atoms with van der Waals surface area (Å²) < 4.78 is 5.52. The number of piperazine rings is 1. The molecule has 0 radical (unpaired) electrons. The highest BCUT2D eigenvalue weighted by Gasteiger charge is 2.26. The summed E-state index contributed by atoms with van der Waals surface area (Å²) >= 11 is 0. The quantitative estimate of drug-likeness (QED) is 0.737. The van der Waals surface area contributed by atoms with Crippen molar-refractivity contribution in [1.29, 1.82) is 0 Å². The van der Waals surface area contributed by atoms with Crippen LogP contribution in [0.25, 0.3) is 11.1 Å². The van der Waals surface area contributed by atoms with Gasteiger partial charge in [-0.25, -0.2) is 4.98 Å². The Hall–Kier alpha value is -3.15. The molecule has 25 heavy (non-hydrogen) atoms. The number of aromatic nitrogens is 2. The minimum atomic E-state index is -0.0670. The third-order valence-electron chi connectivity index (χ3n) is 4.38. The fourth-order valence-electron chi connectivity index (χ4n) is 3.06. The van der Waals surface area contributed by atoms with Crippen molar-refractivity contribution in [2.45, 2.75) is 0 Å². The van der Waals surface area contributed by atoms with Gasteiger partial charge in [-0.1, -0.05) is 30.3 Å². The molecular weight excluding hydrogens is 316 g/mol. The number of nitrogens with zero attached hydrogens (tertiary/aromatic N) is 4. The molecule has 1 amide bonds. The van der Waals surface area contributed by atoms with Crippen LogP contribution in [-0.4, -0.2) is 47.0 Å². The standard InChI is InChI=1S/C19H18N4O2/c24-19(18-16(6-13-25-18)15-4-2-1-3-5-15)23-11-9-22(10-12-23)17-14-20-7-8-21-17/h1-8,13-14H,9-12H2. The molecule has 0 N–H and O–H groups in total. The van der Waals surface area contributed by atoms with Crippen LogP contribution in [0.4, 0.5) is 5.82 Å². The maximum Gasteiger partial charge on any atom is 0.290 e. The first kappa shape index (κ1) is 15.4. The smallest absolute Gasteiger partial charge is 0.290 e. The molecular formula is C19H18N4O2. The number of amides is 1. The molecule has 0 spiro atoms. The molecule has 0 bridgehead atoms. The van der Waals surface area contributed by atoms with Gasteiger partial charge in [0.05, 0.1) is 12.5 Å². The highest BCUT2D eigenvalue weighted by molar-refractivity contribution is 5.98. The number of carbonyl (C=O) groups is 1. The predicted molar refractivity (Wildman–Crippen MR) is 94.3 cm³/mol. The van der Waals surface area contributed by atoms with Crippen molar-refractivity contribution in [3.63, 3.8) is 0 Å². The highest BCUT2D eigenvalue weighted by Crippen LogP contribution is 2.26. The summed E-state index contributed by atoms with van der Waals surface area (Å²) in [5, 5.41) is 0. The molecule has 3 heterocycles. The number of carbonyl (C=O) groups excluding carboxylic acids is 1. The van der Waals surface area contributed by atoms with E-state index in [1.807, 2.05) is 41.3 Å². The summed E-state index contributed by atoms with van der Waals surface area (Å²) in [5.41, 5.74) is 1.82. The lowest BCUT2D eigenvalue weighted by molar-refractivity contribution is 0.0715. The third-order valence-corrected chi connectivity index (χ3v) is 4.38. The lowest BCUT2D eigenvalue weighted by Gasteiger charge is -2.34. The second-order valence-electron chi connectivity index (χ2n) is 5.87. The van der Waals surface area contributed by atoms with E-state index in [4.69, 9.17) is 4.42 Å². The van der Waals surface area contributed by atoms with Crippen LogP contribution in [0.15, 0.2) is 65.7 Å². The summed E-state index contributed by atoms with van der Waals surface area (Å²) in [6, 6.07) is 11.7. The number of hydrogen-bond donors (Lipinski definition) is 0. The van der Waals surface area contributed by atoms with Crippen molar-refractivity contribution >= 4 is 11.7 Å². The van der Waals surface area contributed by atoms with E-state index in [1.165, 1.54) is 0 Å². The summed E-state index contributed by atoms with van der Waals surface area (Å²) in [7, 11) is 0. The van der Waals surface area contributed by atoms with E-state index in [1.54, 1.807) is 24.9 Å². The lowest BCUT2D eigenvalue weighted by Crippen LogP contribution is -2.49. The largest absolute Gasteiger partial charge is 0.459 e. The van der Waals surface area contributed by atoms with E-state index >= 15 is 0 Å². The molecule has 0 atom stereocenters. The Labute approximate surface area is 145 Å². The summed E-state index contributed by atoms with van der Waals surface area (Å²) in [6.07, 6.45) is 6.66. The van der Waals surface area contributed by atoms with Gasteiger partial charge in [-0.05, 0) is 11.6 Å². The molecule has 1 aliphatic heterocycles. The number of hydrogen-bond acceptors (Lipinski definition) is 5. The Morgan fingerprint density at radius 2 is 1.80 bits per heavy atom. The van der Waals surface area contributed by atoms with Crippen LogP contribution < -0.4 is 4.90 Å². The van der Waals surface area contributed by atoms with Crippen LogP contribution in [0.1, 0.15) is 10.6 Å². The molecule has 6 nitrogen and oxygen atoms in total. The summed E-state index contributed by atoms with van der Waals surface area (Å²) in [4.78, 5) is 25.3. The second-order valence-corrected chi connectivity index (χ2v) is 5.87. The highest BCUT2D eigenvalue weighted by atomic mass is 16.3. The number of rotatable bonds is 3. The van der Waals surface area contributed by atoms with Gasteiger partial charge in [0.2, 0.25) is 0 Å². The average Bonchev–Trinajstić information content (AvgIpc) is 3.19. The molecule has 4 rings (SSSR count). The van der Waals surface area contributed by atoms with Gasteiger partial charge in [0.1, 0.15) is 5.82 Å². The van der Waals surface area contributed by atoms with Gasteiger partial charge < -0.3 is 14.2 Å². The van der Waals surface area contributed by atoms with Crippen molar-refractivity contribution in [2.75, 3.05) is 31.1 Å². The predicted octanol–water partition coefficient (Wildman–Crippen LogP) is 2.70. The van der Waals surface area contributed by atoms with E-state index in [-0.39, 0.29) is 5.91 Å². The first-order valence-electron chi connectivity index (χ1n) is 8.26. The molecule has 3 aromatic rings. The topological polar surface area (TPSA) is 62.5 Å².